The molecule has 0 spiro atoms. The van der Waals surface area contributed by atoms with E-state index in [-0.39, 0.29) is 11.2 Å². The first-order valence-electron chi connectivity index (χ1n) is 11.9. The van der Waals surface area contributed by atoms with Gasteiger partial charge in [-0.3, -0.25) is 0 Å². The number of phenolic OH excluding ortho intramolecular Hbond substituents is 1. The number of aromatic nitrogens is 3. The summed E-state index contributed by atoms with van der Waals surface area (Å²) in [5.41, 5.74) is 5.18. The third-order valence-corrected chi connectivity index (χ3v) is 6.89. The minimum absolute atomic E-state index is 0.156. The molecule has 4 nitrogen and oxygen atoms in total. The van der Waals surface area contributed by atoms with Crippen molar-refractivity contribution in [3.05, 3.63) is 120 Å². The van der Waals surface area contributed by atoms with Crippen LogP contribution >= 0.6 is 0 Å². The Labute approximate surface area is 207 Å². The Kier molecular flexibility index (Phi) is 6.49. The number of aromatic hydroxyl groups is 1. The minimum Gasteiger partial charge on any atom is -0.505 e. The van der Waals surface area contributed by atoms with Gasteiger partial charge in [0.1, 0.15) is 22.5 Å². The molecule has 0 aliphatic rings. The molecular formula is C31H33N3O. The van der Waals surface area contributed by atoms with Crippen molar-refractivity contribution < 1.29 is 5.11 Å². The molecule has 0 bridgehead atoms. The van der Waals surface area contributed by atoms with Crippen LogP contribution in [0.1, 0.15) is 51.3 Å². The molecule has 0 saturated heterocycles. The number of nitrogens with zero attached hydrogens (tertiary/aromatic N) is 3. The van der Waals surface area contributed by atoms with Gasteiger partial charge in [0.25, 0.3) is 0 Å². The van der Waals surface area contributed by atoms with E-state index in [1.54, 1.807) is 4.80 Å². The third-order valence-electron chi connectivity index (χ3n) is 6.89. The van der Waals surface area contributed by atoms with E-state index in [2.05, 4.69) is 74.8 Å². The topological polar surface area (TPSA) is 50.9 Å². The van der Waals surface area contributed by atoms with E-state index in [4.69, 9.17) is 0 Å². The third kappa shape index (κ3) is 4.57. The quantitative estimate of drug-likeness (QED) is 0.290. The second-order valence-electron chi connectivity index (χ2n) is 9.90. The van der Waals surface area contributed by atoms with Crippen molar-refractivity contribution in [3.63, 3.8) is 0 Å². The molecule has 1 heterocycles. The number of phenols is 1. The van der Waals surface area contributed by atoms with Crippen LogP contribution in [0.3, 0.4) is 0 Å². The van der Waals surface area contributed by atoms with E-state index in [1.807, 2.05) is 67.6 Å². The smallest absolute Gasteiger partial charge is 0.147 e. The zero-order valence-electron chi connectivity index (χ0n) is 21.2. The van der Waals surface area contributed by atoms with Gasteiger partial charge in [0.05, 0.1) is 0 Å². The van der Waals surface area contributed by atoms with E-state index in [1.165, 1.54) is 5.56 Å². The Morgan fingerprint density at radius 3 is 2.06 bits per heavy atom. The van der Waals surface area contributed by atoms with Gasteiger partial charge in [-0.25, -0.2) is 0 Å². The van der Waals surface area contributed by atoms with Crippen LogP contribution in [0, 0.1) is 0 Å². The van der Waals surface area contributed by atoms with Gasteiger partial charge < -0.3 is 5.11 Å². The summed E-state index contributed by atoms with van der Waals surface area (Å²) in [6.45, 7) is 14.9. The first kappa shape index (κ1) is 24.2. The van der Waals surface area contributed by atoms with Crippen molar-refractivity contribution in [2.24, 2.45) is 0 Å². The zero-order chi connectivity index (χ0) is 25.2. The molecule has 0 fully saturated rings. The van der Waals surface area contributed by atoms with Crippen LogP contribution in [-0.4, -0.2) is 20.1 Å². The summed E-state index contributed by atoms with van der Waals surface area (Å²) in [6.07, 6.45) is 7.92. The zero-order valence-corrected chi connectivity index (χ0v) is 21.2. The van der Waals surface area contributed by atoms with Crippen LogP contribution in [0.15, 0.2) is 103 Å². The molecule has 0 aliphatic carbocycles. The lowest BCUT2D eigenvalue weighted by atomic mass is 9.72. The molecule has 0 amide bonds. The van der Waals surface area contributed by atoms with Crippen LogP contribution in [0.25, 0.3) is 16.7 Å². The van der Waals surface area contributed by atoms with Crippen molar-refractivity contribution in [1.29, 1.82) is 0 Å². The highest BCUT2D eigenvalue weighted by molar-refractivity contribution is 5.74. The van der Waals surface area contributed by atoms with Crippen molar-refractivity contribution in [2.75, 3.05) is 0 Å². The molecule has 1 aromatic heterocycles. The summed E-state index contributed by atoms with van der Waals surface area (Å²) in [5, 5.41) is 20.9. The Morgan fingerprint density at radius 2 is 1.46 bits per heavy atom. The monoisotopic (exact) mass is 463 g/mol. The number of allylic oxidation sites excluding steroid dienone is 5. The number of rotatable bonds is 7. The fourth-order valence-corrected chi connectivity index (χ4v) is 4.26. The summed E-state index contributed by atoms with van der Waals surface area (Å²) < 4.78 is 0. The predicted octanol–water partition coefficient (Wildman–Crippen LogP) is 7.42. The minimum atomic E-state index is -0.535. The second-order valence-corrected chi connectivity index (χ2v) is 9.90. The standard InChI is InChI=1S/C31H33N3O/c1-7-8-10-15-22(2)30(3,4)25-20-24(31(5,6)23-16-11-9-12-17-23)21-28(29(25)35)34-32-26-18-13-14-19-27(26)33-34/h7-21,35H,2H2,1,3-6H3/b8-7-,15-10-. The number of hydrogen-bond donors (Lipinski definition) is 1. The van der Waals surface area contributed by atoms with Gasteiger partial charge in [0.2, 0.25) is 0 Å². The van der Waals surface area contributed by atoms with Crippen LogP contribution in [0.4, 0.5) is 0 Å². The Morgan fingerprint density at radius 1 is 0.857 bits per heavy atom. The van der Waals surface area contributed by atoms with E-state index in [0.717, 1.165) is 27.7 Å². The highest BCUT2D eigenvalue weighted by Crippen LogP contribution is 2.44. The van der Waals surface area contributed by atoms with Gasteiger partial charge in [-0.15, -0.1) is 15.0 Å². The highest BCUT2D eigenvalue weighted by Gasteiger charge is 2.32. The van der Waals surface area contributed by atoms with E-state index < -0.39 is 5.41 Å². The normalized spacial score (nSPS) is 12.7. The molecule has 3 aromatic carbocycles. The SMILES string of the molecule is C=C(/C=C\C=C/C)C(C)(C)c1cc(C(C)(C)c2ccccc2)cc(-n2nc3ccccc3n2)c1O. The average Bonchev–Trinajstić information content (AvgIpc) is 3.28. The molecule has 0 saturated carbocycles. The molecule has 4 aromatic rings. The van der Waals surface area contributed by atoms with Crippen LogP contribution in [0.5, 0.6) is 5.75 Å². The van der Waals surface area contributed by atoms with Crippen molar-refractivity contribution in [2.45, 2.75) is 45.4 Å². The van der Waals surface area contributed by atoms with Crippen LogP contribution in [0.2, 0.25) is 0 Å². The molecular weight excluding hydrogens is 430 g/mol. The van der Waals surface area contributed by atoms with Gasteiger partial charge in [-0.1, -0.05) is 107 Å². The maximum atomic E-state index is 11.6. The Balaban J connectivity index is 1.96. The molecule has 0 radical (unpaired) electrons. The van der Waals surface area contributed by atoms with E-state index in [0.29, 0.717) is 5.69 Å². The average molecular weight is 464 g/mol. The number of benzene rings is 3. The first-order valence-corrected chi connectivity index (χ1v) is 11.9. The molecule has 0 aliphatic heterocycles. The molecule has 35 heavy (non-hydrogen) atoms. The van der Waals surface area contributed by atoms with Crippen molar-refractivity contribution in [3.8, 4) is 11.4 Å². The second kappa shape index (κ2) is 9.38. The number of fused-ring (bicyclic) bond motifs is 1. The number of hydrogen-bond acceptors (Lipinski definition) is 3. The van der Waals surface area contributed by atoms with Gasteiger partial charge >= 0.3 is 0 Å². The lowest BCUT2D eigenvalue weighted by Crippen LogP contribution is -2.24. The Hall–Kier alpha value is -3.92. The molecule has 4 heteroatoms. The first-order chi connectivity index (χ1) is 16.7. The summed E-state index contributed by atoms with van der Waals surface area (Å²) in [5.74, 6) is 0.156. The predicted molar refractivity (Wildman–Crippen MR) is 145 cm³/mol. The van der Waals surface area contributed by atoms with Crippen molar-refractivity contribution >= 4 is 11.0 Å². The van der Waals surface area contributed by atoms with Gasteiger partial charge in [-0.05, 0) is 41.8 Å². The molecule has 178 valence electrons. The van der Waals surface area contributed by atoms with Crippen LogP contribution < -0.4 is 0 Å². The van der Waals surface area contributed by atoms with Gasteiger partial charge in [0, 0.05) is 16.4 Å². The summed E-state index contributed by atoms with van der Waals surface area (Å²) in [7, 11) is 0. The van der Waals surface area contributed by atoms with Crippen molar-refractivity contribution in [1.82, 2.24) is 15.0 Å². The Bertz CT molecular complexity index is 1390. The molecule has 0 atom stereocenters. The molecule has 0 unspecified atom stereocenters. The molecule has 1 N–H and O–H groups in total. The fraction of sp³-hybridized carbons (Fsp3) is 0.226. The summed E-state index contributed by atoms with van der Waals surface area (Å²) >= 11 is 0. The highest BCUT2D eigenvalue weighted by atomic mass is 16.3. The summed E-state index contributed by atoms with van der Waals surface area (Å²) in [6, 6.07) is 22.2. The van der Waals surface area contributed by atoms with Gasteiger partial charge in [-0.2, -0.15) is 0 Å². The van der Waals surface area contributed by atoms with Crippen LogP contribution in [-0.2, 0) is 10.8 Å². The lowest BCUT2D eigenvalue weighted by Gasteiger charge is -2.32. The molecule has 4 rings (SSSR count). The fourth-order valence-electron chi connectivity index (χ4n) is 4.26. The van der Waals surface area contributed by atoms with E-state index in [9.17, 15) is 5.11 Å². The van der Waals surface area contributed by atoms with E-state index >= 15 is 0 Å². The maximum Gasteiger partial charge on any atom is 0.147 e. The van der Waals surface area contributed by atoms with Gasteiger partial charge in [0.15, 0.2) is 0 Å². The summed E-state index contributed by atoms with van der Waals surface area (Å²) in [4.78, 5) is 1.54. The largest absolute Gasteiger partial charge is 0.505 e. The maximum absolute atomic E-state index is 11.6. The lowest BCUT2D eigenvalue weighted by molar-refractivity contribution is 0.445.